The number of hydrogen-bond donors (Lipinski definition) is 0. The van der Waals surface area contributed by atoms with E-state index in [0.29, 0.717) is 5.92 Å². The molecule has 46 heavy (non-hydrogen) atoms. The molecule has 2 aliphatic heterocycles. The molecule has 2 atom stereocenters. The van der Waals surface area contributed by atoms with E-state index in [2.05, 4.69) is 123 Å². The average Bonchev–Trinajstić information content (AvgIpc) is 3.39. The summed E-state index contributed by atoms with van der Waals surface area (Å²) in [4.78, 5) is 7.80. The number of benzene rings is 5. The lowest BCUT2D eigenvalue weighted by molar-refractivity contribution is 0.118. The number of nitrogens with zero attached hydrogens (tertiary/aromatic N) is 4. The van der Waals surface area contributed by atoms with Gasteiger partial charge in [0.25, 0.3) is 0 Å². The van der Waals surface area contributed by atoms with Crippen LogP contribution in [-0.2, 0) is 20.0 Å². The van der Waals surface area contributed by atoms with Gasteiger partial charge in [0, 0.05) is 92.3 Å². The fraction of sp³-hybridized carbons (Fsp3) is 0.268. The number of fused-ring (bicyclic) bond motifs is 4. The van der Waals surface area contributed by atoms with Gasteiger partial charge in [-0.25, -0.2) is 4.39 Å². The molecule has 1 saturated heterocycles. The molecule has 3 heterocycles. The molecule has 0 radical (unpaired) electrons. The molecule has 232 valence electrons. The monoisotopic (exact) mass is 608 g/mol. The van der Waals surface area contributed by atoms with Gasteiger partial charge in [0.2, 0.25) is 0 Å². The van der Waals surface area contributed by atoms with Crippen LogP contribution in [0.3, 0.4) is 0 Å². The van der Waals surface area contributed by atoms with Crippen LogP contribution in [0.5, 0.6) is 0 Å². The summed E-state index contributed by atoms with van der Waals surface area (Å²) in [5.41, 5.74) is 9.40. The summed E-state index contributed by atoms with van der Waals surface area (Å²) < 4.78 is 15.9. The van der Waals surface area contributed by atoms with Gasteiger partial charge in [-0.1, -0.05) is 78.9 Å². The predicted molar refractivity (Wildman–Crippen MR) is 188 cm³/mol. The summed E-state index contributed by atoms with van der Waals surface area (Å²) in [6.45, 7) is 6.86. The third-order valence-electron chi connectivity index (χ3n) is 10.4. The molecule has 2 aliphatic rings. The Hall–Kier alpha value is -4.45. The highest BCUT2D eigenvalue weighted by atomic mass is 19.1. The molecule has 5 heteroatoms. The minimum atomic E-state index is -0.178. The highest BCUT2D eigenvalue weighted by molar-refractivity contribution is 6.08. The zero-order chi connectivity index (χ0) is 31.0. The van der Waals surface area contributed by atoms with E-state index in [0.717, 1.165) is 57.9 Å². The summed E-state index contributed by atoms with van der Waals surface area (Å²) in [5, 5.41) is 2.66. The van der Waals surface area contributed by atoms with Crippen LogP contribution in [0, 0.1) is 5.82 Å². The largest absolute Gasteiger partial charge is 0.369 e. The number of piperazine rings is 1. The van der Waals surface area contributed by atoms with E-state index in [1.165, 1.54) is 44.1 Å². The molecular formula is C41H41FN4. The van der Waals surface area contributed by atoms with E-state index in [1.807, 2.05) is 12.1 Å². The Labute approximate surface area is 271 Å². The molecule has 0 unspecified atom stereocenters. The van der Waals surface area contributed by atoms with Crippen molar-refractivity contribution in [2.45, 2.75) is 24.9 Å². The van der Waals surface area contributed by atoms with Gasteiger partial charge in [-0.05, 0) is 71.1 Å². The third kappa shape index (κ3) is 5.48. The molecule has 6 aromatic rings. The predicted octanol–water partition coefficient (Wildman–Crippen LogP) is 8.18. The molecule has 0 aliphatic carbocycles. The quantitative estimate of drug-likeness (QED) is 0.182. The summed E-state index contributed by atoms with van der Waals surface area (Å²) in [6.07, 6.45) is 1.03. The van der Waals surface area contributed by atoms with Crippen LogP contribution in [0.4, 0.5) is 10.1 Å². The van der Waals surface area contributed by atoms with Gasteiger partial charge in [-0.3, -0.25) is 9.80 Å². The lowest BCUT2D eigenvalue weighted by Crippen LogP contribution is -2.49. The van der Waals surface area contributed by atoms with Crippen molar-refractivity contribution in [1.82, 2.24) is 14.4 Å². The van der Waals surface area contributed by atoms with E-state index in [-0.39, 0.29) is 11.9 Å². The summed E-state index contributed by atoms with van der Waals surface area (Å²) in [6, 6.07) is 43.3. The van der Waals surface area contributed by atoms with Crippen molar-refractivity contribution in [3.05, 3.63) is 149 Å². The van der Waals surface area contributed by atoms with Crippen molar-refractivity contribution in [3.8, 4) is 0 Å². The number of hydrogen-bond acceptors (Lipinski definition) is 3. The van der Waals surface area contributed by atoms with Gasteiger partial charge in [0.15, 0.2) is 0 Å². The first kappa shape index (κ1) is 29.0. The molecule has 8 rings (SSSR count). The molecule has 1 fully saturated rings. The number of halogens is 1. The topological polar surface area (TPSA) is 14.7 Å². The molecule has 0 saturated carbocycles. The molecule has 5 aromatic carbocycles. The Kier molecular flexibility index (Phi) is 7.81. The third-order valence-corrected chi connectivity index (χ3v) is 10.4. The van der Waals surface area contributed by atoms with E-state index in [4.69, 9.17) is 0 Å². The lowest BCUT2D eigenvalue weighted by atomic mass is 9.79. The first-order chi connectivity index (χ1) is 22.6. The van der Waals surface area contributed by atoms with Gasteiger partial charge < -0.3 is 9.47 Å². The minimum absolute atomic E-state index is 0.178. The van der Waals surface area contributed by atoms with Crippen molar-refractivity contribution in [2.24, 2.45) is 7.05 Å². The van der Waals surface area contributed by atoms with Crippen molar-refractivity contribution >= 4 is 27.5 Å². The maximum atomic E-state index is 13.6. The fourth-order valence-electron chi connectivity index (χ4n) is 8.05. The second-order valence-electron chi connectivity index (χ2n) is 13.1. The van der Waals surface area contributed by atoms with Gasteiger partial charge in [0.05, 0.1) is 0 Å². The Morgan fingerprint density at radius 3 is 2.24 bits per heavy atom. The summed E-state index contributed by atoms with van der Waals surface area (Å²) in [7, 11) is 2.18. The lowest BCUT2D eigenvalue weighted by Gasteiger charge is -2.46. The van der Waals surface area contributed by atoms with E-state index in [9.17, 15) is 4.39 Å². The SMILES string of the molecule is Cn1c2ccccc2c2cc([C@@H]3[C@@H](CN4CCN(c5ccc(F)cc5)CC4)c4ccccc4CN3CCc3ccccc3)ccc21. The molecule has 1 aromatic heterocycles. The van der Waals surface area contributed by atoms with Crippen molar-refractivity contribution in [2.75, 3.05) is 44.2 Å². The van der Waals surface area contributed by atoms with E-state index < -0.39 is 0 Å². The summed E-state index contributed by atoms with van der Waals surface area (Å²) >= 11 is 0. The van der Waals surface area contributed by atoms with Crippen LogP contribution in [-0.4, -0.2) is 53.6 Å². The van der Waals surface area contributed by atoms with Crippen molar-refractivity contribution < 1.29 is 4.39 Å². The van der Waals surface area contributed by atoms with Crippen LogP contribution < -0.4 is 4.90 Å². The van der Waals surface area contributed by atoms with Crippen molar-refractivity contribution in [3.63, 3.8) is 0 Å². The number of aromatic nitrogens is 1. The highest BCUT2D eigenvalue weighted by Gasteiger charge is 2.37. The fourth-order valence-corrected chi connectivity index (χ4v) is 8.05. The first-order valence-electron chi connectivity index (χ1n) is 16.7. The maximum Gasteiger partial charge on any atom is 0.123 e. The van der Waals surface area contributed by atoms with Crippen LogP contribution in [0.25, 0.3) is 21.8 Å². The number of para-hydroxylation sites is 1. The van der Waals surface area contributed by atoms with Crippen LogP contribution in [0.1, 0.15) is 34.2 Å². The zero-order valence-corrected chi connectivity index (χ0v) is 26.5. The van der Waals surface area contributed by atoms with Gasteiger partial charge in [-0.2, -0.15) is 0 Å². The second-order valence-corrected chi connectivity index (χ2v) is 13.1. The van der Waals surface area contributed by atoms with Gasteiger partial charge in [0.1, 0.15) is 5.82 Å². The number of rotatable bonds is 7. The Morgan fingerprint density at radius 1 is 0.696 bits per heavy atom. The van der Waals surface area contributed by atoms with Crippen LogP contribution in [0.2, 0.25) is 0 Å². The Morgan fingerprint density at radius 2 is 1.41 bits per heavy atom. The number of aryl methyl sites for hydroxylation is 1. The van der Waals surface area contributed by atoms with Gasteiger partial charge in [-0.15, -0.1) is 0 Å². The second kappa shape index (κ2) is 12.4. The van der Waals surface area contributed by atoms with Gasteiger partial charge >= 0.3 is 0 Å². The molecule has 0 amide bonds. The minimum Gasteiger partial charge on any atom is -0.369 e. The van der Waals surface area contributed by atoms with E-state index in [1.54, 1.807) is 12.1 Å². The maximum absolute atomic E-state index is 13.6. The van der Waals surface area contributed by atoms with Crippen LogP contribution >= 0.6 is 0 Å². The average molecular weight is 609 g/mol. The van der Waals surface area contributed by atoms with Crippen molar-refractivity contribution in [1.29, 1.82) is 0 Å². The first-order valence-corrected chi connectivity index (χ1v) is 16.7. The van der Waals surface area contributed by atoms with E-state index >= 15 is 0 Å². The smallest absolute Gasteiger partial charge is 0.123 e. The highest BCUT2D eigenvalue weighted by Crippen LogP contribution is 2.44. The zero-order valence-electron chi connectivity index (χ0n) is 26.5. The Bertz CT molecular complexity index is 1960. The summed E-state index contributed by atoms with van der Waals surface area (Å²) in [5.74, 6) is 0.161. The van der Waals surface area contributed by atoms with Crippen LogP contribution in [0.15, 0.2) is 121 Å². The molecule has 0 bridgehead atoms. The number of anilines is 1. The normalized spacial score (nSPS) is 19.1. The standard InChI is InChI=1S/C41H41FN4/c1-43-39-14-8-7-13-36(39)37-27-31(15-20-40(37)43)41-38(29-44-23-25-45(26-24-44)34-18-16-33(42)17-19-34)35-12-6-5-11-32(35)28-46(41)22-21-30-9-3-2-4-10-30/h2-20,27,38,41H,21-26,28-29H2,1H3/t38-,41+/m0/s1. The molecular weight excluding hydrogens is 567 g/mol. The Balaban J connectivity index is 1.16. The molecule has 0 N–H and O–H groups in total. The molecule has 0 spiro atoms. The molecule has 4 nitrogen and oxygen atoms in total.